The zero-order valence-electron chi connectivity index (χ0n) is 7.51. The first-order valence-corrected chi connectivity index (χ1v) is 5.20. The van der Waals surface area contributed by atoms with Gasteiger partial charge >= 0.3 is 0 Å². The Balaban J connectivity index is 2.26. The van der Waals surface area contributed by atoms with Crippen molar-refractivity contribution in [1.82, 2.24) is 0 Å². The van der Waals surface area contributed by atoms with Gasteiger partial charge < -0.3 is 0 Å². The maximum atomic E-state index is 10.5. The van der Waals surface area contributed by atoms with Gasteiger partial charge in [-0.2, -0.15) is 0 Å². The molecule has 0 fully saturated rings. The average Bonchev–Trinajstić information content (AvgIpc) is 2.63. The zero-order valence-corrected chi connectivity index (χ0v) is 8.33. The Morgan fingerprint density at radius 2 is 2.43 bits per heavy atom. The maximum absolute atomic E-state index is 10.5. The first kappa shape index (κ1) is 9.09. The molecule has 0 unspecified atom stereocenters. The van der Waals surface area contributed by atoms with E-state index in [1.807, 2.05) is 23.6 Å². The number of carbonyl (C=O) groups excluding carboxylic acids is 1. The van der Waals surface area contributed by atoms with E-state index in [1.54, 1.807) is 23.6 Å². The van der Waals surface area contributed by atoms with Crippen LogP contribution >= 0.6 is 11.3 Å². The number of aliphatic imine (C=N–C) groups is 1. The van der Waals surface area contributed by atoms with Crippen LogP contribution in [0.2, 0.25) is 0 Å². The molecule has 0 spiro atoms. The Morgan fingerprint density at radius 3 is 3.14 bits per heavy atom. The second kappa shape index (κ2) is 4.15. The number of hydrogen-bond donors (Lipinski definition) is 0. The van der Waals surface area contributed by atoms with E-state index in [-0.39, 0.29) is 0 Å². The van der Waals surface area contributed by atoms with Gasteiger partial charge in [0.2, 0.25) is 0 Å². The van der Waals surface area contributed by atoms with E-state index in [0.717, 1.165) is 22.4 Å². The number of allylic oxidation sites excluding steroid dienone is 3. The molecule has 0 aromatic carbocycles. The van der Waals surface area contributed by atoms with Gasteiger partial charge in [0, 0.05) is 6.21 Å². The largest absolute Gasteiger partial charge is 0.298 e. The summed E-state index contributed by atoms with van der Waals surface area (Å²) in [5.74, 6) is 0. The summed E-state index contributed by atoms with van der Waals surface area (Å²) in [5.41, 5.74) is 1.72. The van der Waals surface area contributed by atoms with Crippen molar-refractivity contribution < 1.29 is 4.79 Å². The van der Waals surface area contributed by atoms with Gasteiger partial charge in [0.25, 0.3) is 0 Å². The Bertz CT molecular complexity index is 413. The maximum Gasteiger partial charge on any atom is 0.146 e. The van der Waals surface area contributed by atoms with E-state index in [2.05, 4.69) is 4.99 Å². The summed E-state index contributed by atoms with van der Waals surface area (Å²) in [6, 6.07) is 4.02. The highest BCUT2D eigenvalue weighted by Gasteiger charge is 2.03. The molecule has 1 aliphatic rings. The van der Waals surface area contributed by atoms with E-state index in [1.165, 1.54) is 0 Å². The predicted molar refractivity (Wildman–Crippen MR) is 59.6 cm³/mol. The highest BCUT2D eigenvalue weighted by molar-refractivity contribution is 7.11. The smallest absolute Gasteiger partial charge is 0.146 e. The molecule has 0 saturated carbocycles. The van der Waals surface area contributed by atoms with Gasteiger partial charge in [0.05, 0.1) is 10.6 Å². The van der Waals surface area contributed by atoms with Crippen molar-refractivity contribution in [2.75, 3.05) is 0 Å². The van der Waals surface area contributed by atoms with Gasteiger partial charge in [-0.1, -0.05) is 12.1 Å². The number of nitrogens with zero attached hydrogens (tertiary/aromatic N) is 1. The predicted octanol–water partition coefficient (Wildman–Crippen LogP) is 2.69. The SMILES string of the molecule is O=CC1=CC=NC(c2cccs2)=CC1. The summed E-state index contributed by atoms with van der Waals surface area (Å²) >= 11 is 1.65. The molecular weight excluding hydrogens is 194 g/mol. The van der Waals surface area contributed by atoms with Crippen molar-refractivity contribution in [3.63, 3.8) is 0 Å². The zero-order chi connectivity index (χ0) is 9.80. The summed E-state index contributed by atoms with van der Waals surface area (Å²) in [6.45, 7) is 0. The average molecular weight is 203 g/mol. The first-order valence-electron chi connectivity index (χ1n) is 4.32. The van der Waals surface area contributed by atoms with Gasteiger partial charge in [-0.3, -0.25) is 9.79 Å². The summed E-state index contributed by atoms with van der Waals surface area (Å²) in [4.78, 5) is 16.0. The standard InChI is InChI=1S/C11H9NOS/c13-8-9-3-4-10(12-6-5-9)11-2-1-7-14-11/h1-2,4-8H,3H2. The van der Waals surface area contributed by atoms with Gasteiger partial charge in [0.1, 0.15) is 6.29 Å². The summed E-state index contributed by atoms with van der Waals surface area (Å²) in [6.07, 6.45) is 6.96. The van der Waals surface area contributed by atoms with Crippen molar-refractivity contribution in [2.45, 2.75) is 6.42 Å². The van der Waals surface area contributed by atoms with E-state index < -0.39 is 0 Å². The van der Waals surface area contributed by atoms with Gasteiger partial charge in [0.15, 0.2) is 0 Å². The van der Waals surface area contributed by atoms with E-state index in [4.69, 9.17) is 0 Å². The van der Waals surface area contributed by atoms with Crippen molar-refractivity contribution in [3.8, 4) is 0 Å². The van der Waals surface area contributed by atoms with Crippen molar-refractivity contribution in [1.29, 1.82) is 0 Å². The fraction of sp³-hybridized carbons (Fsp3) is 0.0909. The van der Waals surface area contributed by atoms with Crippen LogP contribution in [0.5, 0.6) is 0 Å². The van der Waals surface area contributed by atoms with E-state index >= 15 is 0 Å². The number of hydrogen-bond acceptors (Lipinski definition) is 3. The van der Waals surface area contributed by atoms with Crippen molar-refractivity contribution in [3.05, 3.63) is 40.1 Å². The summed E-state index contributed by atoms with van der Waals surface area (Å²) in [7, 11) is 0. The molecule has 0 N–H and O–H groups in total. The Morgan fingerprint density at radius 1 is 1.50 bits per heavy atom. The van der Waals surface area contributed by atoms with Crippen LogP contribution in [0.15, 0.2) is 40.2 Å². The quantitative estimate of drug-likeness (QED) is 0.679. The molecular formula is C11H9NOS. The molecule has 0 radical (unpaired) electrons. The van der Waals surface area contributed by atoms with Crippen LogP contribution in [0, 0.1) is 0 Å². The van der Waals surface area contributed by atoms with E-state index in [0.29, 0.717) is 6.42 Å². The van der Waals surface area contributed by atoms with Crippen LogP contribution in [0.1, 0.15) is 11.3 Å². The molecule has 0 atom stereocenters. The normalized spacial score (nSPS) is 15.7. The van der Waals surface area contributed by atoms with Crippen LogP contribution in [0.3, 0.4) is 0 Å². The lowest BCUT2D eigenvalue weighted by Crippen LogP contribution is -1.81. The van der Waals surface area contributed by atoms with E-state index in [9.17, 15) is 4.79 Å². The van der Waals surface area contributed by atoms with Gasteiger partial charge in [-0.25, -0.2) is 0 Å². The molecule has 1 aromatic rings. The molecule has 0 aliphatic carbocycles. The third kappa shape index (κ3) is 1.88. The minimum absolute atomic E-state index is 0.663. The number of rotatable bonds is 2. The number of aldehydes is 1. The molecule has 1 aromatic heterocycles. The monoisotopic (exact) mass is 203 g/mol. The topological polar surface area (TPSA) is 29.4 Å². The lowest BCUT2D eigenvalue weighted by Gasteiger charge is -1.94. The summed E-state index contributed by atoms with van der Waals surface area (Å²) in [5, 5.41) is 2.02. The van der Waals surface area contributed by atoms with Gasteiger partial charge in [-0.15, -0.1) is 11.3 Å². The lowest BCUT2D eigenvalue weighted by atomic mass is 10.2. The molecule has 14 heavy (non-hydrogen) atoms. The summed E-state index contributed by atoms with van der Waals surface area (Å²) < 4.78 is 0. The van der Waals surface area contributed by atoms with Crippen LogP contribution < -0.4 is 0 Å². The third-order valence-corrected chi connectivity index (χ3v) is 2.85. The fourth-order valence-corrected chi connectivity index (χ4v) is 1.94. The Labute approximate surface area is 86.3 Å². The molecule has 0 amide bonds. The highest BCUT2D eigenvalue weighted by atomic mass is 32.1. The van der Waals surface area contributed by atoms with Crippen molar-refractivity contribution >= 4 is 29.5 Å². The van der Waals surface area contributed by atoms with Crippen molar-refractivity contribution in [2.24, 2.45) is 4.99 Å². The number of thiophene rings is 1. The molecule has 0 saturated heterocycles. The second-order valence-electron chi connectivity index (χ2n) is 2.91. The van der Waals surface area contributed by atoms with Crippen LogP contribution in [-0.2, 0) is 4.79 Å². The minimum Gasteiger partial charge on any atom is -0.298 e. The highest BCUT2D eigenvalue weighted by Crippen LogP contribution is 2.23. The second-order valence-corrected chi connectivity index (χ2v) is 3.86. The third-order valence-electron chi connectivity index (χ3n) is 1.96. The molecule has 0 bridgehead atoms. The molecule has 2 heterocycles. The molecule has 3 heteroatoms. The number of carbonyl (C=O) groups is 1. The molecule has 2 rings (SSSR count). The lowest BCUT2D eigenvalue weighted by molar-refractivity contribution is -0.104. The van der Waals surface area contributed by atoms with Crippen LogP contribution in [0.25, 0.3) is 5.70 Å². The van der Waals surface area contributed by atoms with Crippen LogP contribution in [0.4, 0.5) is 0 Å². The molecule has 1 aliphatic heterocycles. The minimum atomic E-state index is 0.663. The Hall–Kier alpha value is -1.48. The Kier molecular flexibility index (Phi) is 2.70. The van der Waals surface area contributed by atoms with Gasteiger partial charge in [-0.05, 0) is 29.5 Å². The molecule has 2 nitrogen and oxygen atoms in total. The fourth-order valence-electron chi connectivity index (χ4n) is 1.22. The first-order chi connectivity index (χ1) is 6.90. The van der Waals surface area contributed by atoms with Crippen LogP contribution in [-0.4, -0.2) is 12.5 Å². The molecule has 70 valence electrons.